The summed E-state index contributed by atoms with van der Waals surface area (Å²) in [5.74, 6) is 1.19. The Kier molecular flexibility index (Phi) is 3.92. The van der Waals surface area contributed by atoms with E-state index in [1.54, 1.807) is 17.1 Å². The van der Waals surface area contributed by atoms with Crippen molar-refractivity contribution in [1.29, 1.82) is 0 Å². The number of nitrogens with zero attached hydrogens (tertiary/aromatic N) is 4. The van der Waals surface area contributed by atoms with E-state index in [1.807, 2.05) is 6.92 Å². The summed E-state index contributed by atoms with van der Waals surface area (Å²) in [5.41, 5.74) is 5.89. The van der Waals surface area contributed by atoms with Gasteiger partial charge in [0.1, 0.15) is 12.1 Å². The molecule has 0 aliphatic heterocycles. The van der Waals surface area contributed by atoms with Crippen LogP contribution in [0.25, 0.3) is 0 Å². The SMILES string of the molecule is CCOC1(c2noc(Cn3cc(N)cn3)n2)CCCCC1. The van der Waals surface area contributed by atoms with Gasteiger partial charge in [0.15, 0.2) is 0 Å². The monoisotopic (exact) mass is 291 g/mol. The lowest BCUT2D eigenvalue weighted by Crippen LogP contribution is -2.33. The van der Waals surface area contributed by atoms with Gasteiger partial charge >= 0.3 is 0 Å². The van der Waals surface area contributed by atoms with E-state index >= 15 is 0 Å². The van der Waals surface area contributed by atoms with E-state index in [4.69, 9.17) is 15.0 Å². The third kappa shape index (κ3) is 2.92. The summed E-state index contributed by atoms with van der Waals surface area (Å²) in [5, 5.41) is 8.27. The molecule has 0 amide bonds. The lowest BCUT2D eigenvalue weighted by Gasteiger charge is -2.33. The van der Waals surface area contributed by atoms with E-state index in [0.717, 1.165) is 25.7 Å². The molecule has 1 saturated carbocycles. The maximum absolute atomic E-state index is 6.00. The summed E-state index contributed by atoms with van der Waals surface area (Å²) in [6.07, 6.45) is 8.76. The third-order valence-corrected chi connectivity index (χ3v) is 3.91. The van der Waals surface area contributed by atoms with Crippen molar-refractivity contribution in [3.63, 3.8) is 0 Å². The van der Waals surface area contributed by atoms with Crippen molar-refractivity contribution < 1.29 is 9.26 Å². The lowest BCUT2D eigenvalue weighted by atomic mass is 9.84. The summed E-state index contributed by atoms with van der Waals surface area (Å²) < 4.78 is 13.0. The normalized spacial score (nSPS) is 18.0. The molecule has 114 valence electrons. The second-order valence-electron chi connectivity index (χ2n) is 5.47. The number of ether oxygens (including phenoxy) is 1. The molecule has 2 N–H and O–H groups in total. The first-order valence-electron chi connectivity index (χ1n) is 7.47. The van der Waals surface area contributed by atoms with Crippen LogP contribution in [0.4, 0.5) is 5.69 Å². The van der Waals surface area contributed by atoms with E-state index in [-0.39, 0.29) is 5.60 Å². The molecule has 2 aromatic heterocycles. The first kappa shape index (κ1) is 14.1. The van der Waals surface area contributed by atoms with E-state index in [1.165, 1.54) is 6.42 Å². The van der Waals surface area contributed by atoms with Gasteiger partial charge in [-0.15, -0.1) is 0 Å². The molecule has 0 radical (unpaired) electrons. The van der Waals surface area contributed by atoms with Crippen LogP contribution in [0, 0.1) is 0 Å². The van der Waals surface area contributed by atoms with Gasteiger partial charge in [-0.05, 0) is 19.8 Å². The van der Waals surface area contributed by atoms with E-state index in [9.17, 15) is 0 Å². The molecule has 21 heavy (non-hydrogen) atoms. The minimum atomic E-state index is -0.377. The van der Waals surface area contributed by atoms with Gasteiger partial charge in [0.2, 0.25) is 11.7 Å². The molecule has 1 aliphatic rings. The van der Waals surface area contributed by atoms with E-state index in [0.29, 0.717) is 30.6 Å². The van der Waals surface area contributed by atoms with Crippen molar-refractivity contribution in [3.05, 3.63) is 24.1 Å². The zero-order valence-corrected chi connectivity index (χ0v) is 12.3. The molecule has 0 spiro atoms. The topological polar surface area (TPSA) is 92.0 Å². The Labute approximate surface area is 123 Å². The third-order valence-electron chi connectivity index (χ3n) is 3.91. The predicted molar refractivity (Wildman–Crippen MR) is 76.4 cm³/mol. The second-order valence-corrected chi connectivity index (χ2v) is 5.47. The van der Waals surface area contributed by atoms with Crippen LogP contribution in [-0.4, -0.2) is 26.5 Å². The highest BCUT2D eigenvalue weighted by atomic mass is 16.5. The highest BCUT2D eigenvalue weighted by Crippen LogP contribution is 2.39. The Morgan fingerprint density at radius 2 is 2.19 bits per heavy atom. The Morgan fingerprint density at radius 3 is 2.86 bits per heavy atom. The average molecular weight is 291 g/mol. The maximum atomic E-state index is 6.00. The lowest BCUT2D eigenvalue weighted by molar-refractivity contribution is -0.0777. The van der Waals surface area contributed by atoms with Crippen molar-refractivity contribution in [2.75, 3.05) is 12.3 Å². The van der Waals surface area contributed by atoms with Gasteiger partial charge in [0, 0.05) is 12.8 Å². The molecule has 1 fully saturated rings. The van der Waals surface area contributed by atoms with E-state index < -0.39 is 0 Å². The standard InChI is InChI=1S/C14H21N5O2/c1-2-20-14(6-4-3-5-7-14)13-17-12(21-18-13)10-19-9-11(15)8-16-19/h8-9H,2-7,10,15H2,1H3. The highest BCUT2D eigenvalue weighted by Gasteiger charge is 2.39. The van der Waals surface area contributed by atoms with Crippen LogP contribution in [0.3, 0.4) is 0 Å². The van der Waals surface area contributed by atoms with Crippen molar-refractivity contribution in [3.8, 4) is 0 Å². The molecule has 0 bridgehead atoms. The molecular formula is C14H21N5O2. The molecule has 2 aromatic rings. The molecule has 7 nitrogen and oxygen atoms in total. The largest absolute Gasteiger partial charge is 0.396 e. The fourth-order valence-corrected chi connectivity index (χ4v) is 2.94. The summed E-state index contributed by atoms with van der Waals surface area (Å²) in [4.78, 5) is 4.52. The molecule has 7 heteroatoms. The molecule has 0 aromatic carbocycles. The minimum Gasteiger partial charge on any atom is -0.396 e. The Balaban J connectivity index is 1.78. The molecule has 0 atom stereocenters. The van der Waals surface area contributed by atoms with Gasteiger partial charge in [0.25, 0.3) is 0 Å². The predicted octanol–water partition coefficient (Wildman–Crippen LogP) is 2.09. The zero-order chi connectivity index (χ0) is 14.7. The summed E-state index contributed by atoms with van der Waals surface area (Å²) in [7, 11) is 0. The van der Waals surface area contributed by atoms with Gasteiger partial charge in [-0.2, -0.15) is 10.1 Å². The molecule has 0 unspecified atom stereocenters. The van der Waals surface area contributed by atoms with Gasteiger partial charge < -0.3 is 15.0 Å². The van der Waals surface area contributed by atoms with Gasteiger partial charge in [-0.1, -0.05) is 24.4 Å². The number of aromatic nitrogens is 4. The molecule has 1 aliphatic carbocycles. The molecule has 3 rings (SSSR count). The molecule has 0 saturated heterocycles. The van der Waals surface area contributed by atoms with Crippen LogP contribution in [0.5, 0.6) is 0 Å². The van der Waals surface area contributed by atoms with E-state index in [2.05, 4.69) is 15.2 Å². The van der Waals surface area contributed by atoms with Gasteiger partial charge in [0.05, 0.1) is 11.9 Å². The number of hydrogen-bond donors (Lipinski definition) is 1. The summed E-state index contributed by atoms with van der Waals surface area (Å²) >= 11 is 0. The fourth-order valence-electron chi connectivity index (χ4n) is 2.94. The number of hydrogen-bond acceptors (Lipinski definition) is 6. The van der Waals surface area contributed by atoms with Crippen molar-refractivity contribution in [2.24, 2.45) is 0 Å². The number of anilines is 1. The van der Waals surface area contributed by atoms with Crippen LogP contribution in [0.15, 0.2) is 16.9 Å². The first-order valence-corrected chi connectivity index (χ1v) is 7.47. The number of nitrogens with two attached hydrogens (primary N) is 1. The van der Waals surface area contributed by atoms with Crippen molar-refractivity contribution in [1.82, 2.24) is 19.9 Å². The van der Waals surface area contributed by atoms with Gasteiger partial charge in [-0.3, -0.25) is 4.68 Å². The Morgan fingerprint density at radius 1 is 1.38 bits per heavy atom. The quantitative estimate of drug-likeness (QED) is 0.906. The Hall–Kier alpha value is -1.89. The number of nitrogen functional groups attached to an aromatic ring is 1. The summed E-state index contributed by atoms with van der Waals surface area (Å²) in [6, 6.07) is 0. The first-order chi connectivity index (χ1) is 10.2. The maximum Gasteiger partial charge on any atom is 0.248 e. The molecule has 2 heterocycles. The van der Waals surface area contributed by atoms with Crippen molar-refractivity contribution >= 4 is 5.69 Å². The highest BCUT2D eigenvalue weighted by molar-refractivity contribution is 5.30. The van der Waals surface area contributed by atoms with Gasteiger partial charge in [-0.25, -0.2) is 0 Å². The van der Waals surface area contributed by atoms with Crippen LogP contribution in [-0.2, 0) is 16.9 Å². The summed E-state index contributed by atoms with van der Waals surface area (Å²) in [6.45, 7) is 3.08. The average Bonchev–Trinajstić information content (AvgIpc) is 3.10. The number of rotatable bonds is 5. The smallest absolute Gasteiger partial charge is 0.248 e. The Bertz CT molecular complexity index is 580. The zero-order valence-electron chi connectivity index (χ0n) is 12.3. The minimum absolute atomic E-state index is 0.377. The van der Waals surface area contributed by atoms with Crippen LogP contribution in [0.1, 0.15) is 50.7 Å². The fraction of sp³-hybridized carbons (Fsp3) is 0.643. The second kappa shape index (κ2) is 5.85. The molecular weight excluding hydrogens is 270 g/mol. The van der Waals surface area contributed by atoms with Crippen LogP contribution in [0.2, 0.25) is 0 Å². The van der Waals surface area contributed by atoms with Crippen LogP contribution < -0.4 is 5.73 Å². The van der Waals surface area contributed by atoms with Crippen LogP contribution >= 0.6 is 0 Å². The van der Waals surface area contributed by atoms with Crippen molar-refractivity contribution in [2.45, 2.75) is 51.2 Å².